The number of hydrogen-bond acceptors (Lipinski definition) is 4. The normalized spacial score (nSPS) is 11.9. The van der Waals surface area contributed by atoms with Crippen molar-refractivity contribution in [3.8, 4) is 17.0 Å². The minimum absolute atomic E-state index is 0. The molecule has 2 aromatic carbocycles. The van der Waals surface area contributed by atoms with Crippen LogP contribution in [-0.2, 0) is 12.8 Å². The van der Waals surface area contributed by atoms with Gasteiger partial charge in [0.15, 0.2) is 0 Å². The molecule has 0 radical (unpaired) electrons. The number of methoxy groups -OCH3 is 1. The number of aromatic nitrogens is 1. The molecule has 0 saturated carbocycles. The first-order valence-electron chi connectivity index (χ1n) is 9.15. The highest BCUT2D eigenvalue weighted by Crippen LogP contribution is 2.40. The van der Waals surface area contributed by atoms with E-state index in [9.17, 15) is 0 Å². The van der Waals surface area contributed by atoms with Crippen molar-refractivity contribution < 1.29 is 4.74 Å². The minimum atomic E-state index is 0. The molecular weight excluding hydrogens is 482 g/mol. The number of fused-ring (bicyclic) bond motifs is 4. The lowest BCUT2D eigenvalue weighted by Gasteiger charge is -2.24. The molecule has 0 bridgehead atoms. The molecule has 1 N–H and O–H groups in total. The average molecular weight is 509 g/mol. The summed E-state index contributed by atoms with van der Waals surface area (Å²) < 4.78 is 5.40. The van der Waals surface area contributed by atoms with E-state index in [4.69, 9.17) is 9.72 Å². The van der Waals surface area contributed by atoms with Gasteiger partial charge in [-0.15, -0.1) is 34.0 Å². The van der Waals surface area contributed by atoms with Gasteiger partial charge in [0, 0.05) is 35.3 Å². The molecule has 6 heteroatoms. The predicted molar refractivity (Wildman–Crippen MR) is 129 cm³/mol. The quantitative estimate of drug-likeness (QED) is 0.517. The molecule has 4 nitrogen and oxygen atoms in total. The molecule has 3 aromatic rings. The zero-order valence-corrected chi connectivity index (χ0v) is 19.9. The first-order valence-corrected chi connectivity index (χ1v) is 9.15. The summed E-state index contributed by atoms with van der Waals surface area (Å²) in [5.41, 5.74) is 7.28. The van der Waals surface area contributed by atoms with Crippen LogP contribution in [-0.4, -0.2) is 44.2 Å². The van der Waals surface area contributed by atoms with Crippen LogP contribution in [0.2, 0.25) is 0 Å². The third-order valence-corrected chi connectivity index (χ3v) is 5.07. The molecule has 1 aliphatic rings. The number of benzene rings is 2. The Morgan fingerprint density at radius 1 is 1.07 bits per heavy atom. The summed E-state index contributed by atoms with van der Waals surface area (Å²) in [5.74, 6) is 0.914. The Balaban J connectivity index is 0.00000140. The molecule has 0 atom stereocenters. The predicted octanol–water partition coefficient (Wildman–Crippen LogP) is 5.14. The number of likely N-dealkylation sites (N-methyl/N-ethyl adjacent to an activating group) is 1. The summed E-state index contributed by atoms with van der Waals surface area (Å²) in [4.78, 5) is 7.22. The molecule has 0 amide bonds. The molecule has 0 aliphatic heterocycles. The lowest BCUT2D eigenvalue weighted by Crippen LogP contribution is -2.22. The van der Waals surface area contributed by atoms with Gasteiger partial charge in [0.25, 0.3) is 0 Å². The third kappa shape index (κ3) is 4.34. The SMILES string of the molecule is Br.Br.COc1ccc2c(c1)CCc1c-2nc2ccccc2c1NCCN(C)C. The van der Waals surface area contributed by atoms with Crippen molar-refractivity contribution in [2.24, 2.45) is 0 Å². The van der Waals surface area contributed by atoms with Crippen LogP contribution < -0.4 is 10.1 Å². The third-order valence-electron chi connectivity index (χ3n) is 5.07. The number of nitrogens with one attached hydrogen (secondary N) is 1. The Morgan fingerprint density at radius 2 is 1.86 bits per heavy atom. The van der Waals surface area contributed by atoms with E-state index in [0.29, 0.717) is 0 Å². The van der Waals surface area contributed by atoms with Crippen LogP contribution in [0.4, 0.5) is 5.69 Å². The standard InChI is InChI=1S/C22H25N3O.2BrH/c1-25(2)13-12-23-21-18-6-4-5-7-20(18)24-22-17-11-9-16(26-3)14-15(17)8-10-19(21)22;;/h4-7,9,11,14H,8,10,12-13H2,1-3H3,(H,23,24);2*1H. The maximum Gasteiger partial charge on any atom is 0.119 e. The summed E-state index contributed by atoms with van der Waals surface area (Å²) in [6.45, 7) is 1.92. The van der Waals surface area contributed by atoms with Crippen molar-refractivity contribution in [1.82, 2.24) is 9.88 Å². The Hall–Kier alpha value is -1.63. The first kappa shape index (κ1) is 22.7. The van der Waals surface area contributed by atoms with Gasteiger partial charge in [0.1, 0.15) is 5.75 Å². The van der Waals surface area contributed by atoms with Gasteiger partial charge in [-0.25, -0.2) is 4.98 Å². The van der Waals surface area contributed by atoms with Crippen molar-refractivity contribution in [2.75, 3.05) is 39.6 Å². The number of pyridine rings is 1. The fraction of sp³-hybridized carbons (Fsp3) is 0.318. The van der Waals surface area contributed by atoms with E-state index in [1.54, 1.807) is 7.11 Å². The summed E-state index contributed by atoms with van der Waals surface area (Å²) in [6.07, 6.45) is 2.01. The van der Waals surface area contributed by atoms with E-state index in [1.165, 1.54) is 27.8 Å². The molecule has 150 valence electrons. The van der Waals surface area contributed by atoms with Crippen molar-refractivity contribution in [1.29, 1.82) is 0 Å². The Kier molecular flexibility index (Phi) is 7.87. The lowest BCUT2D eigenvalue weighted by atomic mass is 9.87. The summed E-state index contributed by atoms with van der Waals surface area (Å²) >= 11 is 0. The van der Waals surface area contributed by atoms with Crippen LogP contribution in [0.5, 0.6) is 5.75 Å². The second kappa shape index (κ2) is 9.72. The highest BCUT2D eigenvalue weighted by atomic mass is 79.9. The van der Waals surface area contributed by atoms with Crippen molar-refractivity contribution >= 4 is 50.6 Å². The molecule has 0 unspecified atom stereocenters. The smallest absolute Gasteiger partial charge is 0.119 e. The molecule has 0 fully saturated rings. The molecule has 0 saturated heterocycles. The number of rotatable bonds is 5. The van der Waals surface area contributed by atoms with Gasteiger partial charge in [-0.3, -0.25) is 0 Å². The molecule has 0 spiro atoms. The molecule has 1 aliphatic carbocycles. The van der Waals surface area contributed by atoms with Gasteiger partial charge in [0.2, 0.25) is 0 Å². The number of halogens is 2. The summed E-state index contributed by atoms with van der Waals surface area (Å²) in [7, 11) is 5.92. The van der Waals surface area contributed by atoms with Gasteiger partial charge in [-0.05, 0) is 56.8 Å². The van der Waals surface area contributed by atoms with Crippen molar-refractivity contribution in [3.63, 3.8) is 0 Å². The minimum Gasteiger partial charge on any atom is -0.497 e. The van der Waals surface area contributed by atoms with Gasteiger partial charge in [-0.1, -0.05) is 18.2 Å². The molecule has 1 heterocycles. The van der Waals surface area contributed by atoms with E-state index in [-0.39, 0.29) is 34.0 Å². The summed E-state index contributed by atoms with van der Waals surface area (Å²) in [6, 6.07) is 14.8. The monoisotopic (exact) mass is 507 g/mol. The topological polar surface area (TPSA) is 37.4 Å². The van der Waals surface area contributed by atoms with E-state index in [1.807, 2.05) is 6.07 Å². The Bertz CT molecular complexity index is 960. The second-order valence-electron chi connectivity index (χ2n) is 7.08. The van der Waals surface area contributed by atoms with Crippen molar-refractivity contribution in [3.05, 3.63) is 53.6 Å². The number of anilines is 1. The largest absolute Gasteiger partial charge is 0.497 e. The molecule has 1 aromatic heterocycles. The van der Waals surface area contributed by atoms with Gasteiger partial charge in [0.05, 0.1) is 18.3 Å². The summed E-state index contributed by atoms with van der Waals surface area (Å²) in [5, 5.41) is 4.90. The maximum absolute atomic E-state index is 5.40. The van der Waals surface area contributed by atoms with Crippen LogP contribution in [0.25, 0.3) is 22.2 Å². The highest BCUT2D eigenvalue weighted by Gasteiger charge is 2.22. The Labute approximate surface area is 187 Å². The van der Waals surface area contributed by atoms with E-state index >= 15 is 0 Å². The maximum atomic E-state index is 5.40. The van der Waals surface area contributed by atoms with Crippen LogP contribution in [0.1, 0.15) is 11.1 Å². The number of hydrogen-bond donors (Lipinski definition) is 1. The van der Waals surface area contributed by atoms with Crippen molar-refractivity contribution in [2.45, 2.75) is 12.8 Å². The van der Waals surface area contributed by atoms with Crippen LogP contribution >= 0.6 is 34.0 Å². The molecular formula is C22H27Br2N3O. The fourth-order valence-corrected chi connectivity index (χ4v) is 3.72. The number of aryl methyl sites for hydroxylation is 1. The van der Waals surface area contributed by atoms with Gasteiger partial charge >= 0.3 is 0 Å². The zero-order chi connectivity index (χ0) is 18.1. The van der Waals surface area contributed by atoms with E-state index in [2.05, 4.69) is 60.7 Å². The lowest BCUT2D eigenvalue weighted by molar-refractivity contribution is 0.414. The van der Waals surface area contributed by atoms with Gasteiger partial charge < -0.3 is 15.0 Å². The number of para-hydroxylation sites is 1. The molecule has 28 heavy (non-hydrogen) atoms. The van der Waals surface area contributed by atoms with E-state index in [0.717, 1.165) is 42.9 Å². The molecule has 4 rings (SSSR count). The van der Waals surface area contributed by atoms with Crippen LogP contribution in [0, 0.1) is 0 Å². The second-order valence-corrected chi connectivity index (χ2v) is 7.08. The van der Waals surface area contributed by atoms with Crippen LogP contribution in [0.3, 0.4) is 0 Å². The van der Waals surface area contributed by atoms with Crippen LogP contribution in [0.15, 0.2) is 42.5 Å². The van der Waals surface area contributed by atoms with E-state index < -0.39 is 0 Å². The Morgan fingerprint density at radius 3 is 2.61 bits per heavy atom. The fourth-order valence-electron chi connectivity index (χ4n) is 3.72. The van der Waals surface area contributed by atoms with Gasteiger partial charge in [-0.2, -0.15) is 0 Å². The first-order chi connectivity index (χ1) is 12.7. The average Bonchev–Trinajstić information content (AvgIpc) is 2.66. The number of nitrogens with zero attached hydrogens (tertiary/aromatic N) is 2. The number of ether oxygens (including phenoxy) is 1. The zero-order valence-electron chi connectivity index (χ0n) is 16.5. The highest BCUT2D eigenvalue weighted by molar-refractivity contribution is 8.93.